The van der Waals surface area contributed by atoms with Crippen molar-refractivity contribution in [2.45, 2.75) is 18.9 Å². The number of carbonyl (C=O) groups excluding carboxylic acids is 1. The molecule has 1 aliphatic rings. The molecule has 1 aromatic rings. The van der Waals surface area contributed by atoms with Crippen LogP contribution in [0.3, 0.4) is 0 Å². The minimum Gasteiger partial charge on any atom is -0.304 e. The van der Waals surface area contributed by atoms with E-state index in [1.165, 1.54) is 12.1 Å². The lowest BCUT2D eigenvalue weighted by molar-refractivity contribution is -0.120. The van der Waals surface area contributed by atoms with Gasteiger partial charge in [-0.25, -0.2) is 4.39 Å². The van der Waals surface area contributed by atoms with Gasteiger partial charge in [-0.2, -0.15) is 0 Å². The summed E-state index contributed by atoms with van der Waals surface area (Å²) in [6.07, 6.45) is 0.802. The number of hydrogen-bond donors (Lipinski definition) is 0. The molecule has 20 heavy (non-hydrogen) atoms. The average molecular weight is 343 g/mol. The van der Waals surface area contributed by atoms with Gasteiger partial charge in [0, 0.05) is 43.0 Å². The van der Waals surface area contributed by atoms with Crippen LogP contribution in [0, 0.1) is 5.82 Å². The highest BCUT2D eigenvalue weighted by molar-refractivity contribution is 9.10. The van der Waals surface area contributed by atoms with Gasteiger partial charge in [0.25, 0.3) is 0 Å². The standard InChI is InChI=1S/C15H20BrFN2O/c1-18-5-6-19(2)13(10-18)9-14(20)8-11-7-12(17)3-4-15(11)16/h3-4,7,13H,5-6,8-10H2,1-2H3. The van der Waals surface area contributed by atoms with Crippen LogP contribution in [-0.2, 0) is 11.2 Å². The highest BCUT2D eigenvalue weighted by Gasteiger charge is 2.24. The summed E-state index contributed by atoms with van der Waals surface area (Å²) in [7, 11) is 4.14. The number of carbonyl (C=O) groups is 1. The number of benzene rings is 1. The number of rotatable bonds is 4. The Hall–Kier alpha value is -0.780. The Kier molecular flexibility index (Phi) is 5.29. The van der Waals surface area contributed by atoms with Crippen LogP contribution in [0.4, 0.5) is 4.39 Å². The van der Waals surface area contributed by atoms with Crippen molar-refractivity contribution in [3.63, 3.8) is 0 Å². The van der Waals surface area contributed by atoms with Crippen LogP contribution in [0.25, 0.3) is 0 Å². The zero-order valence-corrected chi connectivity index (χ0v) is 13.5. The van der Waals surface area contributed by atoms with Gasteiger partial charge in [-0.1, -0.05) is 15.9 Å². The van der Waals surface area contributed by atoms with Gasteiger partial charge in [-0.3, -0.25) is 4.79 Å². The van der Waals surface area contributed by atoms with Crippen LogP contribution in [0.1, 0.15) is 12.0 Å². The zero-order chi connectivity index (χ0) is 14.7. The largest absolute Gasteiger partial charge is 0.304 e. The van der Waals surface area contributed by atoms with Crippen LogP contribution >= 0.6 is 15.9 Å². The lowest BCUT2D eigenvalue weighted by Gasteiger charge is -2.37. The van der Waals surface area contributed by atoms with Gasteiger partial charge in [0.15, 0.2) is 0 Å². The van der Waals surface area contributed by atoms with Crippen molar-refractivity contribution in [1.82, 2.24) is 9.80 Å². The van der Waals surface area contributed by atoms with Crippen LogP contribution in [0.2, 0.25) is 0 Å². The molecule has 0 amide bonds. The molecule has 1 heterocycles. The van der Waals surface area contributed by atoms with E-state index in [1.807, 2.05) is 0 Å². The SMILES string of the molecule is CN1CCN(C)C(CC(=O)Cc2cc(F)ccc2Br)C1. The first-order valence-corrected chi connectivity index (χ1v) is 7.59. The van der Waals surface area contributed by atoms with Crippen LogP contribution < -0.4 is 0 Å². The quantitative estimate of drug-likeness (QED) is 0.839. The van der Waals surface area contributed by atoms with E-state index < -0.39 is 0 Å². The molecular formula is C15H20BrFN2O. The summed E-state index contributed by atoms with van der Waals surface area (Å²) in [6.45, 7) is 2.93. The summed E-state index contributed by atoms with van der Waals surface area (Å²) in [6, 6.07) is 4.73. The second kappa shape index (κ2) is 6.78. The second-order valence-electron chi connectivity index (χ2n) is 5.55. The molecule has 110 valence electrons. The third-order valence-electron chi connectivity index (χ3n) is 3.84. The normalized spacial score (nSPS) is 21.1. The molecule has 1 aliphatic heterocycles. The number of piperazine rings is 1. The first kappa shape index (κ1) is 15.6. The minimum atomic E-state index is -0.300. The fourth-order valence-electron chi connectivity index (χ4n) is 2.55. The van der Waals surface area contributed by atoms with Crippen molar-refractivity contribution in [3.8, 4) is 0 Å². The summed E-state index contributed by atoms with van der Waals surface area (Å²) < 4.78 is 14.0. The van der Waals surface area contributed by atoms with Crippen LogP contribution in [-0.4, -0.2) is 55.4 Å². The maximum atomic E-state index is 13.2. The molecule has 0 radical (unpaired) electrons. The third-order valence-corrected chi connectivity index (χ3v) is 4.61. The van der Waals surface area contributed by atoms with Gasteiger partial charge in [0.1, 0.15) is 11.6 Å². The maximum Gasteiger partial charge on any atom is 0.138 e. The van der Waals surface area contributed by atoms with E-state index >= 15 is 0 Å². The highest BCUT2D eigenvalue weighted by atomic mass is 79.9. The van der Waals surface area contributed by atoms with Crippen LogP contribution in [0.15, 0.2) is 22.7 Å². The molecule has 2 rings (SSSR count). The molecule has 0 spiro atoms. The lowest BCUT2D eigenvalue weighted by Crippen LogP contribution is -2.50. The Morgan fingerprint density at radius 3 is 2.90 bits per heavy atom. The number of ketones is 1. The third kappa shape index (κ3) is 4.11. The van der Waals surface area contributed by atoms with Gasteiger partial charge >= 0.3 is 0 Å². The average Bonchev–Trinajstić information content (AvgIpc) is 2.38. The molecule has 0 saturated carbocycles. The van der Waals surface area contributed by atoms with Crippen molar-refractivity contribution >= 4 is 21.7 Å². The first-order chi connectivity index (χ1) is 9.45. The molecule has 1 aromatic carbocycles. The van der Waals surface area contributed by atoms with E-state index in [4.69, 9.17) is 0 Å². The fraction of sp³-hybridized carbons (Fsp3) is 0.533. The zero-order valence-electron chi connectivity index (χ0n) is 11.9. The van der Waals surface area contributed by atoms with E-state index in [9.17, 15) is 9.18 Å². The summed E-state index contributed by atoms with van der Waals surface area (Å²) in [5.74, 6) is -0.144. The lowest BCUT2D eigenvalue weighted by atomic mass is 10.0. The van der Waals surface area contributed by atoms with E-state index in [2.05, 4.69) is 39.8 Å². The smallest absolute Gasteiger partial charge is 0.138 e. The molecule has 5 heteroatoms. The van der Waals surface area contributed by atoms with E-state index in [0.29, 0.717) is 6.42 Å². The minimum absolute atomic E-state index is 0.156. The van der Waals surface area contributed by atoms with Gasteiger partial charge in [0.2, 0.25) is 0 Å². The van der Waals surface area contributed by atoms with E-state index in [-0.39, 0.29) is 24.1 Å². The number of nitrogens with zero attached hydrogens (tertiary/aromatic N) is 2. The molecule has 0 aliphatic carbocycles. The van der Waals surface area contributed by atoms with Gasteiger partial charge in [-0.15, -0.1) is 0 Å². The molecule has 0 bridgehead atoms. The van der Waals surface area contributed by atoms with Gasteiger partial charge in [-0.05, 0) is 37.9 Å². The Morgan fingerprint density at radius 2 is 2.15 bits per heavy atom. The van der Waals surface area contributed by atoms with E-state index in [0.717, 1.165) is 29.7 Å². The Labute approximate surface area is 127 Å². The predicted molar refractivity (Wildman–Crippen MR) is 81.3 cm³/mol. The second-order valence-corrected chi connectivity index (χ2v) is 6.41. The monoisotopic (exact) mass is 342 g/mol. The predicted octanol–water partition coefficient (Wildman–Crippen LogP) is 2.34. The molecule has 1 fully saturated rings. The molecule has 1 unspecified atom stereocenters. The first-order valence-electron chi connectivity index (χ1n) is 6.80. The number of likely N-dealkylation sites (N-methyl/N-ethyl adjacent to an activating group) is 2. The van der Waals surface area contributed by atoms with Crippen molar-refractivity contribution in [1.29, 1.82) is 0 Å². The summed E-state index contributed by atoms with van der Waals surface area (Å²) in [5, 5.41) is 0. The topological polar surface area (TPSA) is 23.6 Å². The molecule has 1 atom stereocenters. The number of hydrogen-bond acceptors (Lipinski definition) is 3. The van der Waals surface area contributed by atoms with Gasteiger partial charge in [0.05, 0.1) is 0 Å². The van der Waals surface area contributed by atoms with Crippen LogP contribution in [0.5, 0.6) is 0 Å². The van der Waals surface area contributed by atoms with Gasteiger partial charge < -0.3 is 9.80 Å². The van der Waals surface area contributed by atoms with Crippen molar-refractivity contribution in [2.75, 3.05) is 33.7 Å². The highest BCUT2D eigenvalue weighted by Crippen LogP contribution is 2.20. The fourth-order valence-corrected chi connectivity index (χ4v) is 2.93. The van der Waals surface area contributed by atoms with E-state index in [1.54, 1.807) is 6.07 Å². The Bertz CT molecular complexity index is 495. The summed E-state index contributed by atoms with van der Waals surface area (Å²) in [4.78, 5) is 16.7. The van der Waals surface area contributed by atoms with Crippen molar-refractivity contribution in [3.05, 3.63) is 34.1 Å². The number of halogens is 2. The molecule has 0 aromatic heterocycles. The number of Topliss-reactive ketones (excluding diaryl/α,β-unsaturated/α-hetero) is 1. The Balaban J connectivity index is 1.96. The molecule has 1 saturated heterocycles. The Morgan fingerprint density at radius 1 is 1.40 bits per heavy atom. The molecule has 0 N–H and O–H groups in total. The molecule has 3 nitrogen and oxygen atoms in total. The van der Waals surface area contributed by atoms with Crippen molar-refractivity contribution in [2.24, 2.45) is 0 Å². The van der Waals surface area contributed by atoms with Crippen molar-refractivity contribution < 1.29 is 9.18 Å². The summed E-state index contributed by atoms with van der Waals surface area (Å²) in [5.41, 5.74) is 0.724. The summed E-state index contributed by atoms with van der Waals surface area (Å²) >= 11 is 3.37. The molecular weight excluding hydrogens is 323 g/mol. The maximum absolute atomic E-state index is 13.2.